The van der Waals surface area contributed by atoms with Crippen molar-refractivity contribution in [1.82, 2.24) is 0 Å². The van der Waals surface area contributed by atoms with Gasteiger partial charge in [0.2, 0.25) is 0 Å². The van der Waals surface area contributed by atoms with Gasteiger partial charge in [0.25, 0.3) is 0 Å². The fraction of sp³-hybridized carbons (Fsp3) is 0.278. The normalized spacial score (nSPS) is 15.9. The molecule has 0 saturated heterocycles. The van der Waals surface area contributed by atoms with Crippen LogP contribution in [-0.4, -0.2) is 19.0 Å². The third-order valence-corrected chi connectivity index (χ3v) is 3.67. The van der Waals surface area contributed by atoms with E-state index in [9.17, 15) is 9.36 Å². The molecule has 8 heteroatoms. The monoisotopic (exact) mass is 434 g/mol. The Morgan fingerprint density at radius 3 is 2.50 bits per heavy atom. The van der Waals surface area contributed by atoms with Crippen LogP contribution < -0.4 is 4.74 Å². The van der Waals surface area contributed by atoms with Crippen molar-refractivity contribution in [2.45, 2.75) is 25.6 Å². The van der Waals surface area contributed by atoms with Gasteiger partial charge in [-0.25, -0.2) is 0 Å². The topological polar surface area (TPSA) is 52.6 Å². The van der Waals surface area contributed by atoms with Gasteiger partial charge in [-0.3, -0.25) is 9.36 Å². The van der Waals surface area contributed by atoms with Crippen LogP contribution in [0.5, 0.6) is 5.75 Å². The van der Waals surface area contributed by atoms with Gasteiger partial charge in [-0.15, -0.1) is 0 Å². The number of rotatable bonds is 5. The van der Waals surface area contributed by atoms with Gasteiger partial charge in [0, 0.05) is 5.56 Å². The Morgan fingerprint density at radius 2 is 1.85 bits per heavy atom. The van der Waals surface area contributed by atoms with Crippen LogP contribution in [0.1, 0.15) is 27.9 Å². The minimum absolute atomic E-state index is 0.0864. The number of benzene rings is 2. The van der Waals surface area contributed by atoms with E-state index in [2.05, 4.69) is 45.9 Å². The molecule has 0 radical (unpaired) electrons. The van der Waals surface area contributed by atoms with Gasteiger partial charge in [-0.05, 0) is 75.9 Å². The predicted molar refractivity (Wildman–Crippen MR) is 106 cm³/mol. The molecule has 0 spiro atoms. The molecular formula is C18H18Cl3O4P. The average Bonchev–Trinajstić information content (AvgIpc) is 2.61. The molecule has 140 valence electrons. The third kappa shape index (κ3) is 8.11. The minimum atomic E-state index is -3.22. The molecule has 26 heavy (non-hydrogen) atoms. The number of hydrogen-bond acceptors (Lipinski definition) is 4. The van der Waals surface area contributed by atoms with E-state index in [-0.39, 0.29) is 6.10 Å². The number of fused-ring (bicyclic) bond motifs is 1. The fourth-order valence-electron chi connectivity index (χ4n) is 2.54. The molecule has 2 aromatic rings. The molecule has 1 heterocycles. The first-order valence-corrected chi connectivity index (χ1v) is 12.3. The Kier molecular flexibility index (Phi) is 8.46. The molecule has 3 rings (SSSR count). The Balaban J connectivity index is 0.000000431. The first-order valence-electron chi connectivity index (χ1n) is 7.90. The number of carbonyl (C=O) groups excluding carboxylic acids is 1. The summed E-state index contributed by atoms with van der Waals surface area (Å²) in [4.78, 5) is 10.8. The number of aldehydes is 1. The lowest BCUT2D eigenvalue weighted by Crippen LogP contribution is -2.27. The zero-order chi connectivity index (χ0) is 19.0. The maximum atomic E-state index is 10.8. The van der Waals surface area contributed by atoms with Gasteiger partial charge in [0.05, 0.1) is 13.2 Å². The zero-order valence-electron chi connectivity index (χ0n) is 13.8. The second-order valence-electron chi connectivity index (χ2n) is 5.66. The molecular weight excluding hydrogens is 418 g/mol. The van der Waals surface area contributed by atoms with Crippen molar-refractivity contribution in [2.75, 3.05) is 6.61 Å². The average molecular weight is 436 g/mol. The first-order chi connectivity index (χ1) is 12.3. The number of carbonyl (C=O) groups is 1. The van der Waals surface area contributed by atoms with Crippen LogP contribution in [0.25, 0.3) is 0 Å². The summed E-state index contributed by atoms with van der Waals surface area (Å²) in [5.74, 6) is 0.875. The summed E-state index contributed by atoms with van der Waals surface area (Å²) < 4.78 is 21.2. The quantitative estimate of drug-likeness (QED) is 0.413. The third-order valence-electron chi connectivity index (χ3n) is 3.67. The summed E-state index contributed by atoms with van der Waals surface area (Å²) in [6, 6.07) is 15.7. The Morgan fingerprint density at radius 1 is 1.15 bits per heavy atom. The van der Waals surface area contributed by atoms with Gasteiger partial charge >= 0.3 is 5.20 Å². The van der Waals surface area contributed by atoms with Gasteiger partial charge in [-0.1, -0.05) is 30.3 Å². The van der Waals surface area contributed by atoms with Crippen LogP contribution in [0, 0.1) is 0 Å². The van der Waals surface area contributed by atoms with E-state index >= 15 is 0 Å². The molecule has 0 saturated carbocycles. The fourth-order valence-corrected chi connectivity index (χ4v) is 2.54. The largest absolute Gasteiger partial charge is 0.488 e. The minimum Gasteiger partial charge on any atom is -0.488 e. The number of aryl methyl sites for hydroxylation is 1. The van der Waals surface area contributed by atoms with E-state index in [1.54, 1.807) is 6.07 Å². The van der Waals surface area contributed by atoms with Crippen LogP contribution in [0.3, 0.4) is 0 Å². The molecule has 4 nitrogen and oxygen atoms in total. The molecule has 0 fully saturated rings. The molecule has 0 amide bonds. The van der Waals surface area contributed by atoms with Crippen LogP contribution in [0.15, 0.2) is 48.5 Å². The van der Waals surface area contributed by atoms with Crippen molar-refractivity contribution < 1.29 is 18.8 Å². The molecule has 1 unspecified atom stereocenters. The Hall–Kier alpha value is -1.03. The van der Waals surface area contributed by atoms with Crippen molar-refractivity contribution >= 4 is 45.2 Å². The van der Waals surface area contributed by atoms with Crippen LogP contribution in [0.4, 0.5) is 0 Å². The van der Waals surface area contributed by atoms with Crippen molar-refractivity contribution in [3.63, 3.8) is 0 Å². The summed E-state index contributed by atoms with van der Waals surface area (Å²) in [5, 5.41) is -3.22. The van der Waals surface area contributed by atoms with Crippen LogP contribution in [0.2, 0.25) is 0 Å². The smallest absolute Gasteiger partial charge is 0.339 e. The van der Waals surface area contributed by atoms with Gasteiger partial charge < -0.3 is 9.47 Å². The molecule has 0 bridgehead atoms. The van der Waals surface area contributed by atoms with Crippen molar-refractivity contribution in [3.8, 4) is 5.75 Å². The molecule has 0 N–H and O–H groups in total. The maximum Gasteiger partial charge on any atom is 0.339 e. The standard InChI is InChI=1S/C18H18O3.Cl3OP/c19-11-15-6-9-18-16(10-15)7-8-17(21-18)13-20-12-14-4-2-1-3-5-14;1-5(2,3)4/h1-6,9-11,17H,7-8,12-13H2;. The highest BCUT2D eigenvalue weighted by atomic mass is 36.0. The molecule has 1 atom stereocenters. The number of ether oxygens (including phenoxy) is 2. The maximum absolute atomic E-state index is 10.8. The van der Waals surface area contributed by atoms with E-state index in [0.29, 0.717) is 18.8 Å². The lowest BCUT2D eigenvalue weighted by molar-refractivity contribution is 0.0316. The Labute approximate surface area is 167 Å². The van der Waals surface area contributed by atoms with Crippen molar-refractivity contribution in [2.24, 2.45) is 0 Å². The van der Waals surface area contributed by atoms with E-state index in [4.69, 9.17) is 9.47 Å². The molecule has 0 aliphatic carbocycles. The molecule has 1 aliphatic heterocycles. The first kappa shape index (κ1) is 21.3. The summed E-state index contributed by atoms with van der Waals surface area (Å²) >= 11 is 13.8. The predicted octanol–water partition coefficient (Wildman–Crippen LogP) is 6.22. The Bertz CT molecular complexity index is 756. The summed E-state index contributed by atoms with van der Waals surface area (Å²) in [5.41, 5.74) is 2.99. The number of hydrogen-bond donors (Lipinski definition) is 0. The van der Waals surface area contributed by atoms with Gasteiger partial charge in [0.15, 0.2) is 0 Å². The van der Waals surface area contributed by atoms with Crippen molar-refractivity contribution in [1.29, 1.82) is 0 Å². The van der Waals surface area contributed by atoms with E-state index in [1.807, 2.05) is 30.3 Å². The zero-order valence-corrected chi connectivity index (χ0v) is 17.0. The summed E-state index contributed by atoms with van der Waals surface area (Å²) in [6.45, 7) is 1.20. The summed E-state index contributed by atoms with van der Waals surface area (Å²) in [6.07, 6.45) is 2.80. The second kappa shape index (κ2) is 10.3. The van der Waals surface area contributed by atoms with Crippen LogP contribution >= 0.6 is 38.9 Å². The van der Waals surface area contributed by atoms with Gasteiger partial charge in [-0.2, -0.15) is 0 Å². The highest BCUT2D eigenvalue weighted by Crippen LogP contribution is 2.61. The van der Waals surface area contributed by atoms with Crippen molar-refractivity contribution in [3.05, 3.63) is 65.2 Å². The lowest BCUT2D eigenvalue weighted by atomic mass is 10.0. The summed E-state index contributed by atoms with van der Waals surface area (Å²) in [7, 11) is 0. The SMILES string of the molecule is O=Cc1ccc2c(c1)CCC(COCc1ccccc1)O2.O=P(Cl)(Cl)Cl. The van der Waals surface area contributed by atoms with E-state index in [0.717, 1.165) is 30.4 Å². The second-order valence-corrected chi connectivity index (χ2v) is 12.3. The highest BCUT2D eigenvalue weighted by Gasteiger charge is 2.20. The van der Waals surface area contributed by atoms with E-state index in [1.165, 1.54) is 5.56 Å². The number of halogens is 3. The molecule has 2 aromatic carbocycles. The van der Waals surface area contributed by atoms with Crippen LogP contribution in [-0.2, 0) is 22.3 Å². The molecule has 1 aliphatic rings. The lowest BCUT2D eigenvalue weighted by Gasteiger charge is -2.26. The van der Waals surface area contributed by atoms with E-state index < -0.39 is 5.20 Å². The van der Waals surface area contributed by atoms with Gasteiger partial charge in [0.1, 0.15) is 18.1 Å². The molecule has 0 aromatic heterocycles. The highest BCUT2D eigenvalue weighted by molar-refractivity contribution is 8.24.